The van der Waals surface area contributed by atoms with Crippen LogP contribution in [0.15, 0.2) is 28.3 Å². The maximum atomic E-state index is 8.38. The number of nitrogens with two attached hydrogens (primary N) is 1. The summed E-state index contributed by atoms with van der Waals surface area (Å²) in [5.41, 5.74) is 7.85. The molecule has 0 heterocycles. The number of nitrogens with zero attached hydrogens (tertiary/aromatic N) is 1. The molecule has 0 aliphatic heterocycles. The van der Waals surface area contributed by atoms with Gasteiger partial charge >= 0.3 is 0 Å². The highest BCUT2D eigenvalue weighted by molar-refractivity contribution is 8.00. The number of thioether (sulfide) groups is 1. The highest BCUT2D eigenvalue weighted by Crippen LogP contribution is 2.22. The molecule has 0 aromatic heterocycles. The molecule has 0 unspecified atom stereocenters. The van der Waals surface area contributed by atoms with Crippen molar-refractivity contribution in [2.45, 2.75) is 18.7 Å². The Morgan fingerprint density at radius 1 is 1.50 bits per heavy atom. The van der Waals surface area contributed by atoms with Gasteiger partial charge in [-0.25, -0.2) is 0 Å². The molecule has 4 heteroatoms. The van der Waals surface area contributed by atoms with Gasteiger partial charge in [0.25, 0.3) is 0 Å². The molecule has 0 fully saturated rings. The summed E-state index contributed by atoms with van der Waals surface area (Å²) in [4.78, 5) is 1.17. The van der Waals surface area contributed by atoms with Gasteiger partial charge in [-0.15, -0.1) is 11.8 Å². The van der Waals surface area contributed by atoms with Crippen LogP contribution in [0.3, 0.4) is 0 Å². The minimum atomic E-state index is 0.245. The molecule has 0 aliphatic rings. The fourth-order valence-corrected chi connectivity index (χ4v) is 1.95. The minimum absolute atomic E-state index is 0.245. The van der Waals surface area contributed by atoms with Gasteiger partial charge in [0, 0.05) is 4.90 Å². The Balaban J connectivity index is 2.68. The molecule has 0 aliphatic carbocycles. The number of amidine groups is 1. The van der Waals surface area contributed by atoms with Crippen molar-refractivity contribution in [2.24, 2.45) is 10.9 Å². The molecule has 14 heavy (non-hydrogen) atoms. The summed E-state index contributed by atoms with van der Waals surface area (Å²) in [6, 6.07) is 6.23. The third-order valence-electron chi connectivity index (χ3n) is 1.83. The van der Waals surface area contributed by atoms with Crippen LogP contribution in [-0.4, -0.2) is 16.8 Å². The van der Waals surface area contributed by atoms with Crippen LogP contribution >= 0.6 is 11.8 Å². The van der Waals surface area contributed by atoms with E-state index in [0.29, 0.717) is 5.75 Å². The van der Waals surface area contributed by atoms with E-state index in [0.717, 1.165) is 0 Å². The third kappa shape index (κ3) is 2.96. The smallest absolute Gasteiger partial charge is 0.149 e. The number of aryl methyl sites for hydroxylation is 2. The van der Waals surface area contributed by atoms with Crippen LogP contribution in [0.1, 0.15) is 11.1 Å². The Morgan fingerprint density at radius 2 is 2.21 bits per heavy atom. The maximum Gasteiger partial charge on any atom is 0.149 e. The van der Waals surface area contributed by atoms with E-state index in [4.69, 9.17) is 10.9 Å². The minimum Gasteiger partial charge on any atom is -0.409 e. The molecule has 0 bridgehead atoms. The van der Waals surface area contributed by atoms with Crippen molar-refractivity contribution in [2.75, 3.05) is 5.75 Å². The number of rotatable bonds is 3. The van der Waals surface area contributed by atoms with E-state index in [2.05, 4.69) is 37.2 Å². The summed E-state index contributed by atoms with van der Waals surface area (Å²) in [5.74, 6) is 0.760. The van der Waals surface area contributed by atoms with Crippen molar-refractivity contribution in [3.05, 3.63) is 29.3 Å². The number of hydrogen-bond acceptors (Lipinski definition) is 3. The van der Waals surface area contributed by atoms with E-state index < -0.39 is 0 Å². The average molecular weight is 210 g/mol. The quantitative estimate of drug-likeness (QED) is 0.264. The Hall–Kier alpha value is -1.16. The maximum absolute atomic E-state index is 8.38. The molecular weight excluding hydrogens is 196 g/mol. The van der Waals surface area contributed by atoms with Crippen LogP contribution in [-0.2, 0) is 0 Å². The highest BCUT2D eigenvalue weighted by atomic mass is 32.2. The van der Waals surface area contributed by atoms with Crippen molar-refractivity contribution >= 4 is 17.6 Å². The Kier molecular flexibility index (Phi) is 3.83. The van der Waals surface area contributed by atoms with Crippen molar-refractivity contribution < 1.29 is 5.21 Å². The highest BCUT2D eigenvalue weighted by Gasteiger charge is 2.00. The van der Waals surface area contributed by atoms with E-state index in [9.17, 15) is 0 Å². The van der Waals surface area contributed by atoms with Crippen LogP contribution in [0, 0.1) is 13.8 Å². The van der Waals surface area contributed by atoms with Crippen LogP contribution in [0.25, 0.3) is 0 Å². The predicted octanol–water partition coefficient (Wildman–Crippen LogP) is 2.14. The molecule has 1 aromatic carbocycles. The zero-order valence-electron chi connectivity index (χ0n) is 8.32. The first-order valence-electron chi connectivity index (χ1n) is 4.30. The zero-order valence-corrected chi connectivity index (χ0v) is 9.14. The van der Waals surface area contributed by atoms with Crippen LogP contribution in [0.5, 0.6) is 0 Å². The predicted molar refractivity (Wildman–Crippen MR) is 60.0 cm³/mol. The summed E-state index contributed by atoms with van der Waals surface area (Å²) in [7, 11) is 0. The molecule has 0 saturated carbocycles. The first-order chi connectivity index (χ1) is 6.63. The summed E-state index contributed by atoms with van der Waals surface area (Å²) in [6.45, 7) is 4.12. The van der Waals surface area contributed by atoms with E-state index in [-0.39, 0.29) is 5.84 Å². The average Bonchev–Trinajstić information content (AvgIpc) is 2.16. The summed E-state index contributed by atoms with van der Waals surface area (Å²) >= 11 is 1.57. The number of hydrogen-bond donors (Lipinski definition) is 2. The SMILES string of the molecule is Cc1ccc(SC/C(N)=N/O)c(C)c1. The molecule has 1 rings (SSSR count). The largest absolute Gasteiger partial charge is 0.409 e. The summed E-state index contributed by atoms with van der Waals surface area (Å²) in [6.07, 6.45) is 0. The topological polar surface area (TPSA) is 58.6 Å². The van der Waals surface area contributed by atoms with Crippen LogP contribution in [0.4, 0.5) is 0 Å². The molecule has 1 aromatic rings. The third-order valence-corrected chi connectivity index (χ3v) is 3.04. The standard InChI is InChI=1S/C10H14N2OS/c1-7-3-4-9(8(2)5-7)14-6-10(11)12-13/h3-5,13H,6H2,1-2H3,(H2,11,12). The lowest BCUT2D eigenvalue weighted by atomic mass is 10.2. The lowest BCUT2D eigenvalue weighted by molar-refractivity contribution is 0.318. The van der Waals surface area contributed by atoms with E-state index in [1.54, 1.807) is 11.8 Å². The van der Waals surface area contributed by atoms with E-state index in [1.165, 1.54) is 16.0 Å². The molecule has 0 saturated heterocycles. The lowest BCUT2D eigenvalue weighted by Crippen LogP contribution is -2.14. The lowest BCUT2D eigenvalue weighted by Gasteiger charge is -2.05. The van der Waals surface area contributed by atoms with Gasteiger partial charge in [0.2, 0.25) is 0 Å². The van der Waals surface area contributed by atoms with Crippen molar-refractivity contribution in [1.29, 1.82) is 0 Å². The van der Waals surface area contributed by atoms with E-state index in [1.807, 2.05) is 0 Å². The molecule has 0 atom stereocenters. The molecule has 0 spiro atoms. The molecule has 0 amide bonds. The second-order valence-corrected chi connectivity index (χ2v) is 4.17. The first-order valence-corrected chi connectivity index (χ1v) is 5.28. The van der Waals surface area contributed by atoms with Gasteiger partial charge in [-0.05, 0) is 25.5 Å². The monoisotopic (exact) mass is 210 g/mol. The van der Waals surface area contributed by atoms with Gasteiger partial charge in [-0.2, -0.15) is 0 Å². The second kappa shape index (κ2) is 4.91. The molecule has 76 valence electrons. The summed E-state index contributed by atoms with van der Waals surface area (Å²) < 4.78 is 0. The first kappa shape index (κ1) is 10.9. The van der Waals surface area contributed by atoms with Crippen molar-refractivity contribution in [1.82, 2.24) is 0 Å². The van der Waals surface area contributed by atoms with Gasteiger partial charge in [-0.3, -0.25) is 0 Å². The fourth-order valence-electron chi connectivity index (χ4n) is 1.14. The van der Waals surface area contributed by atoms with Gasteiger partial charge < -0.3 is 10.9 Å². The zero-order chi connectivity index (χ0) is 10.6. The van der Waals surface area contributed by atoms with Crippen molar-refractivity contribution in [3.63, 3.8) is 0 Å². The van der Waals surface area contributed by atoms with Gasteiger partial charge in [-0.1, -0.05) is 22.9 Å². The van der Waals surface area contributed by atoms with E-state index >= 15 is 0 Å². The Bertz CT molecular complexity index is 350. The Morgan fingerprint density at radius 3 is 2.79 bits per heavy atom. The molecule has 3 N–H and O–H groups in total. The second-order valence-electron chi connectivity index (χ2n) is 3.15. The van der Waals surface area contributed by atoms with Crippen molar-refractivity contribution in [3.8, 4) is 0 Å². The van der Waals surface area contributed by atoms with Gasteiger partial charge in [0.1, 0.15) is 5.84 Å². The van der Waals surface area contributed by atoms with Crippen LogP contribution < -0.4 is 5.73 Å². The molecule has 3 nitrogen and oxygen atoms in total. The number of oxime groups is 1. The van der Waals surface area contributed by atoms with Gasteiger partial charge in [0.15, 0.2) is 0 Å². The summed E-state index contributed by atoms with van der Waals surface area (Å²) in [5, 5.41) is 11.3. The molecule has 0 radical (unpaired) electrons. The van der Waals surface area contributed by atoms with Crippen LogP contribution in [0.2, 0.25) is 0 Å². The van der Waals surface area contributed by atoms with Gasteiger partial charge in [0.05, 0.1) is 5.75 Å². The molecular formula is C10H14N2OS. The fraction of sp³-hybridized carbons (Fsp3) is 0.300. The Labute approximate surface area is 88.0 Å². The normalized spacial score (nSPS) is 11.7. The number of benzene rings is 1.